The van der Waals surface area contributed by atoms with Crippen LogP contribution in [0.2, 0.25) is 0 Å². The van der Waals surface area contributed by atoms with Crippen LogP contribution in [-0.2, 0) is 6.42 Å². The number of rotatable bonds is 4. The molecule has 5 heteroatoms. The molecular formula is C17H15N3OS. The summed E-state index contributed by atoms with van der Waals surface area (Å²) < 4.78 is 3.84. The Kier molecular flexibility index (Phi) is 4.25. The summed E-state index contributed by atoms with van der Waals surface area (Å²) in [5.74, 6) is -0.153. The molecule has 110 valence electrons. The molecule has 1 heterocycles. The van der Waals surface area contributed by atoms with E-state index in [2.05, 4.69) is 27.0 Å². The molecule has 3 rings (SSSR count). The molecule has 0 radical (unpaired) electrons. The van der Waals surface area contributed by atoms with Crippen LogP contribution in [0.3, 0.4) is 0 Å². The zero-order valence-electron chi connectivity index (χ0n) is 12.1. The number of nitrogens with zero attached hydrogens (tertiary/aromatic N) is 2. The van der Waals surface area contributed by atoms with Crippen molar-refractivity contribution in [2.75, 3.05) is 5.32 Å². The van der Waals surface area contributed by atoms with Crippen LogP contribution in [0.25, 0.3) is 11.1 Å². The van der Waals surface area contributed by atoms with E-state index >= 15 is 0 Å². The van der Waals surface area contributed by atoms with Crippen molar-refractivity contribution >= 4 is 23.1 Å². The molecule has 0 saturated heterocycles. The van der Waals surface area contributed by atoms with Gasteiger partial charge in [0.2, 0.25) is 0 Å². The number of anilines is 1. The minimum Gasteiger partial charge on any atom is -0.321 e. The second-order valence-corrected chi connectivity index (χ2v) is 5.55. The van der Waals surface area contributed by atoms with Gasteiger partial charge in [-0.25, -0.2) is 0 Å². The molecule has 1 N–H and O–H groups in total. The molecule has 22 heavy (non-hydrogen) atoms. The van der Waals surface area contributed by atoms with E-state index in [1.165, 1.54) is 0 Å². The van der Waals surface area contributed by atoms with Gasteiger partial charge >= 0.3 is 0 Å². The maximum Gasteiger partial charge on any atom is 0.269 e. The van der Waals surface area contributed by atoms with Crippen LogP contribution in [0, 0.1) is 0 Å². The highest BCUT2D eigenvalue weighted by Gasteiger charge is 2.14. The SMILES string of the molecule is CCc1nnsc1C(=O)Nc1ccc(-c2ccccc2)cc1. The average molecular weight is 309 g/mol. The van der Waals surface area contributed by atoms with E-state index < -0.39 is 0 Å². The average Bonchev–Trinajstić information content (AvgIpc) is 3.05. The maximum absolute atomic E-state index is 12.2. The van der Waals surface area contributed by atoms with Gasteiger partial charge in [0.1, 0.15) is 4.88 Å². The fourth-order valence-corrected chi connectivity index (χ4v) is 2.82. The number of nitrogens with one attached hydrogen (secondary N) is 1. The minimum absolute atomic E-state index is 0.153. The molecule has 0 aliphatic rings. The van der Waals surface area contributed by atoms with Crippen LogP contribution in [-0.4, -0.2) is 15.5 Å². The molecule has 0 atom stereocenters. The summed E-state index contributed by atoms with van der Waals surface area (Å²) >= 11 is 1.13. The fraction of sp³-hybridized carbons (Fsp3) is 0.118. The molecule has 0 aliphatic carbocycles. The van der Waals surface area contributed by atoms with Crippen LogP contribution in [0.4, 0.5) is 5.69 Å². The first-order chi connectivity index (χ1) is 10.8. The Morgan fingerprint density at radius 3 is 2.41 bits per heavy atom. The predicted octanol–water partition coefficient (Wildman–Crippen LogP) is 4.02. The monoisotopic (exact) mass is 309 g/mol. The molecule has 4 nitrogen and oxygen atoms in total. The highest BCUT2D eigenvalue weighted by molar-refractivity contribution is 7.08. The quantitative estimate of drug-likeness (QED) is 0.792. The standard InChI is InChI=1S/C17H15N3OS/c1-2-15-16(22-20-19-15)17(21)18-14-10-8-13(9-11-14)12-6-4-3-5-7-12/h3-11H,2H2,1H3,(H,18,21). The van der Waals surface area contributed by atoms with Gasteiger partial charge in [-0.05, 0) is 41.2 Å². The molecule has 2 aromatic carbocycles. The third-order valence-electron chi connectivity index (χ3n) is 3.35. The zero-order valence-corrected chi connectivity index (χ0v) is 12.9. The summed E-state index contributed by atoms with van der Waals surface area (Å²) in [4.78, 5) is 12.8. The summed E-state index contributed by atoms with van der Waals surface area (Å²) in [5, 5.41) is 6.85. The molecule has 3 aromatic rings. The van der Waals surface area contributed by atoms with Gasteiger partial charge in [-0.1, -0.05) is 53.9 Å². The van der Waals surface area contributed by atoms with Crippen molar-refractivity contribution < 1.29 is 4.79 Å². The Bertz CT molecular complexity index is 766. The molecule has 0 unspecified atom stereocenters. The lowest BCUT2D eigenvalue weighted by molar-refractivity contribution is 0.102. The Labute approximate surface area is 133 Å². The molecule has 0 aliphatic heterocycles. The van der Waals surface area contributed by atoms with Gasteiger partial charge in [-0.15, -0.1) is 5.10 Å². The number of hydrogen-bond donors (Lipinski definition) is 1. The van der Waals surface area contributed by atoms with E-state index in [4.69, 9.17) is 0 Å². The van der Waals surface area contributed by atoms with Crippen molar-refractivity contribution in [2.24, 2.45) is 0 Å². The first-order valence-corrected chi connectivity index (χ1v) is 7.83. The van der Waals surface area contributed by atoms with Gasteiger partial charge in [0.25, 0.3) is 5.91 Å². The molecule has 0 bridgehead atoms. The molecule has 1 aromatic heterocycles. The van der Waals surface area contributed by atoms with E-state index in [1.807, 2.05) is 49.4 Å². The van der Waals surface area contributed by atoms with Crippen LogP contribution in [0.5, 0.6) is 0 Å². The molecule has 1 amide bonds. The maximum atomic E-state index is 12.2. The van der Waals surface area contributed by atoms with Crippen LogP contribution in [0.15, 0.2) is 54.6 Å². The molecule has 0 spiro atoms. The Balaban J connectivity index is 1.75. The summed E-state index contributed by atoms with van der Waals surface area (Å²) in [6.45, 7) is 1.96. The number of carbonyl (C=O) groups is 1. The first-order valence-electron chi connectivity index (χ1n) is 7.06. The second kappa shape index (κ2) is 6.49. The lowest BCUT2D eigenvalue weighted by Gasteiger charge is -2.06. The molecule has 0 saturated carbocycles. The van der Waals surface area contributed by atoms with Crippen LogP contribution in [0.1, 0.15) is 22.3 Å². The smallest absolute Gasteiger partial charge is 0.269 e. The van der Waals surface area contributed by atoms with Crippen molar-refractivity contribution in [3.8, 4) is 11.1 Å². The van der Waals surface area contributed by atoms with E-state index in [0.29, 0.717) is 11.3 Å². The second-order valence-electron chi connectivity index (χ2n) is 4.80. The van der Waals surface area contributed by atoms with Crippen molar-refractivity contribution in [3.63, 3.8) is 0 Å². The summed E-state index contributed by atoms with van der Waals surface area (Å²) in [7, 11) is 0. The third kappa shape index (κ3) is 3.04. The summed E-state index contributed by atoms with van der Waals surface area (Å²) in [6.07, 6.45) is 0.701. The van der Waals surface area contributed by atoms with Gasteiger partial charge in [0, 0.05) is 5.69 Å². The van der Waals surface area contributed by atoms with E-state index in [1.54, 1.807) is 0 Å². The van der Waals surface area contributed by atoms with E-state index in [0.717, 1.165) is 34.0 Å². The predicted molar refractivity (Wildman–Crippen MR) is 89.1 cm³/mol. The first kappa shape index (κ1) is 14.4. The van der Waals surface area contributed by atoms with Gasteiger partial charge in [-0.3, -0.25) is 4.79 Å². The number of amides is 1. The Hall–Kier alpha value is -2.53. The van der Waals surface area contributed by atoms with Gasteiger partial charge in [0.05, 0.1) is 5.69 Å². The van der Waals surface area contributed by atoms with Crippen LogP contribution < -0.4 is 5.32 Å². The van der Waals surface area contributed by atoms with E-state index in [-0.39, 0.29) is 5.91 Å². The number of aromatic nitrogens is 2. The topological polar surface area (TPSA) is 54.9 Å². The van der Waals surface area contributed by atoms with E-state index in [9.17, 15) is 4.79 Å². The van der Waals surface area contributed by atoms with Gasteiger partial charge < -0.3 is 5.32 Å². The molecular weight excluding hydrogens is 294 g/mol. The van der Waals surface area contributed by atoms with Gasteiger partial charge in [-0.2, -0.15) is 0 Å². The third-order valence-corrected chi connectivity index (χ3v) is 4.11. The largest absolute Gasteiger partial charge is 0.321 e. The number of carbonyl (C=O) groups excluding carboxylic acids is 1. The van der Waals surface area contributed by atoms with Crippen molar-refractivity contribution in [3.05, 3.63) is 65.2 Å². The summed E-state index contributed by atoms with van der Waals surface area (Å²) in [6, 6.07) is 17.9. The van der Waals surface area contributed by atoms with Crippen LogP contribution >= 0.6 is 11.5 Å². The Morgan fingerprint density at radius 1 is 1.05 bits per heavy atom. The lowest BCUT2D eigenvalue weighted by Crippen LogP contribution is -2.12. The lowest BCUT2D eigenvalue weighted by atomic mass is 10.1. The highest BCUT2D eigenvalue weighted by Crippen LogP contribution is 2.22. The normalized spacial score (nSPS) is 10.4. The summed E-state index contributed by atoms with van der Waals surface area (Å²) in [5.41, 5.74) is 3.77. The minimum atomic E-state index is -0.153. The Morgan fingerprint density at radius 2 is 1.73 bits per heavy atom. The zero-order chi connectivity index (χ0) is 15.4. The van der Waals surface area contributed by atoms with Gasteiger partial charge in [0.15, 0.2) is 0 Å². The molecule has 0 fully saturated rings. The fourth-order valence-electron chi connectivity index (χ4n) is 2.18. The van der Waals surface area contributed by atoms with Crippen molar-refractivity contribution in [2.45, 2.75) is 13.3 Å². The van der Waals surface area contributed by atoms with Crippen molar-refractivity contribution in [1.29, 1.82) is 0 Å². The number of aryl methyl sites for hydroxylation is 1. The number of hydrogen-bond acceptors (Lipinski definition) is 4. The number of benzene rings is 2. The highest BCUT2D eigenvalue weighted by atomic mass is 32.1. The van der Waals surface area contributed by atoms with Crippen molar-refractivity contribution in [1.82, 2.24) is 9.59 Å².